The van der Waals surface area contributed by atoms with Crippen LogP contribution in [0.4, 0.5) is 5.69 Å². The molecular weight excluding hydrogens is 388 g/mol. The molecule has 5 heteroatoms. The van der Waals surface area contributed by atoms with Gasteiger partial charge in [0.15, 0.2) is 11.5 Å². The van der Waals surface area contributed by atoms with Crippen LogP contribution in [0, 0.1) is 18.3 Å². The molecule has 0 unspecified atom stereocenters. The summed E-state index contributed by atoms with van der Waals surface area (Å²) in [4.78, 5) is 12.6. The molecule has 0 aliphatic heterocycles. The van der Waals surface area contributed by atoms with Crippen LogP contribution in [-0.4, -0.2) is 12.5 Å². The van der Waals surface area contributed by atoms with Crippen LogP contribution in [0.3, 0.4) is 0 Å². The van der Waals surface area contributed by atoms with Gasteiger partial charge in [-0.15, -0.1) is 0 Å². The van der Waals surface area contributed by atoms with Crippen molar-refractivity contribution in [1.82, 2.24) is 0 Å². The molecule has 31 heavy (non-hydrogen) atoms. The SMILES string of the molecule is CCOc1cc(/C=C(/C#N)C(=O)Nc2ccccc2C)ccc1OCc1ccccc1. The molecule has 156 valence electrons. The fourth-order valence-electron chi connectivity index (χ4n) is 2.96. The van der Waals surface area contributed by atoms with E-state index in [-0.39, 0.29) is 5.57 Å². The molecule has 0 aliphatic carbocycles. The van der Waals surface area contributed by atoms with Gasteiger partial charge < -0.3 is 14.8 Å². The standard InChI is InChI=1S/C26H24N2O3/c1-3-30-25-16-21(13-14-24(25)31-18-20-10-5-4-6-11-20)15-22(17-27)26(29)28-23-12-8-7-9-19(23)2/h4-16H,3,18H2,1-2H3,(H,28,29)/b22-15-. The molecule has 0 aliphatic rings. The van der Waals surface area contributed by atoms with Crippen LogP contribution in [0.1, 0.15) is 23.6 Å². The zero-order valence-corrected chi connectivity index (χ0v) is 17.6. The monoisotopic (exact) mass is 412 g/mol. The van der Waals surface area contributed by atoms with Gasteiger partial charge in [-0.25, -0.2) is 0 Å². The van der Waals surface area contributed by atoms with Gasteiger partial charge >= 0.3 is 0 Å². The third-order valence-electron chi connectivity index (χ3n) is 4.57. The smallest absolute Gasteiger partial charge is 0.266 e. The molecule has 0 spiro atoms. The summed E-state index contributed by atoms with van der Waals surface area (Å²) in [6.45, 7) is 4.67. The first-order chi connectivity index (χ1) is 15.1. The lowest BCUT2D eigenvalue weighted by Gasteiger charge is -2.13. The highest BCUT2D eigenvalue weighted by atomic mass is 16.5. The van der Waals surface area contributed by atoms with E-state index in [1.54, 1.807) is 24.3 Å². The van der Waals surface area contributed by atoms with Crippen molar-refractivity contribution in [2.75, 3.05) is 11.9 Å². The maximum absolute atomic E-state index is 12.6. The van der Waals surface area contributed by atoms with Crippen molar-refractivity contribution >= 4 is 17.7 Å². The van der Waals surface area contributed by atoms with Crippen molar-refractivity contribution in [3.63, 3.8) is 0 Å². The molecule has 3 rings (SSSR count). The highest BCUT2D eigenvalue weighted by Gasteiger charge is 2.12. The van der Waals surface area contributed by atoms with Crippen molar-refractivity contribution in [3.8, 4) is 17.6 Å². The molecule has 3 aromatic carbocycles. The number of nitriles is 1. The minimum atomic E-state index is -0.459. The van der Waals surface area contributed by atoms with E-state index in [2.05, 4.69) is 5.32 Å². The van der Waals surface area contributed by atoms with Gasteiger partial charge in [0.25, 0.3) is 5.91 Å². The second-order valence-corrected chi connectivity index (χ2v) is 6.85. The molecule has 0 fully saturated rings. The molecule has 3 aromatic rings. The maximum Gasteiger partial charge on any atom is 0.266 e. The Morgan fingerprint density at radius 2 is 1.74 bits per heavy atom. The number of para-hydroxylation sites is 1. The molecule has 0 heterocycles. The Morgan fingerprint density at radius 3 is 2.45 bits per heavy atom. The topological polar surface area (TPSA) is 71.3 Å². The number of benzene rings is 3. The lowest BCUT2D eigenvalue weighted by molar-refractivity contribution is -0.112. The zero-order chi connectivity index (χ0) is 22.1. The van der Waals surface area contributed by atoms with Gasteiger partial charge in [-0.2, -0.15) is 5.26 Å². The summed E-state index contributed by atoms with van der Waals surface area (Å²) in [5.41, 5.74) is 3.32. The third kappa shape index (κ3) is 5.97. The van der Waals surface area contributed by atoms with E-state index in [0.29, 0.717) is 36.0 Å². The van der Waals surface area contributed by atoms with Crippen LogP contribution >= 0.6 is 0 Å². The van der Waals surface area contributed by atoms with Crippen molar-refractivity contribution in [1.29, 1.82) is 5.26 Å². The van der Waals surface area contributed by atoms with E-state index in [1.165, 1.54) is 6.08 Å². The van der Waals surface area contributed by atoms with Gasteiger partial charge in [0.1, 0.15) is 18.2 Å². The number of nitrogens with zero attached hydrogens (tertiary/aromatic N) is 1. The Bertz CT molecular complexity index is 1110. The van der Waals surface area contributed by atoms with Gasteiger partial charge in [0.2, 0.25) is 0 Å². The minimum Gasteiger partial charge on any atom is -0.490 e. The van der Waals surface area contributed by atoms with E-state index in [1.807, 2.05) is 68.4 Å². The average molecular weight is 412 g/mol. The van der Waals surface area contributed by atoms with Crippen LogP contribution < -0.4 is 14.8 Å². The van der Waals surface area contributed by atoms with Crippen LogP contribution in [0.15, 0.2) is 78.4 Å². The van der Waals surface area contributed by atoms with Crippen molar-refractivity contribution in [2.45, 2.75) is 20.5 Å². The largest absolute Gasteiger partial charge is 0.490 e. The number of ether oxygens (including phenoxy) is 2. The summed E-state index contributed by atoms with van der Waals surface area (Å²) in [5.74, 6) is 0.702. The summed E-state index contributed by atoms with van der Waals surface area (Å²) < 4.78 is 11.6. The van der Waals surface area contributed by atoms with Gasteiger partial charge in [-0.05, 0) is 54.8 Å². The van der Waals surface area contributed by atoms with Gasteiger partial charge in [0.05, 0.1) is 6.61 Å². The lowest BCUT2D eigenvalue weighted by atomic mass is 10.1. The van der Waals surface area contributed by atoms with E-state index in [4.69, 9.17) is 9.47 Å². The summed E-state index contributed by atoms with van der Waals surface area (Å²) in [6, 6.07) is 24.6. The average Bonchev–Trinajstić information content (AvgIpc) is 2.79. The molecule has 0 aromatic heterocycles. The quantitative estimate of drug-likeness (QED) is 0.391. The predicted molar refractivity (Wildman–Crippen MR) is 122 cm³/mol. The summed E-state index contributed by atoms with van der Waals surface area (Å²) in [5, 5.41) is 12.3. The Morgan fingerprint density at radius 1 is 1.00 bits per heavy atom. The lowest BCUT2D eigenvalue weighted by Crippen LogP contribution is -2.14. The number of hydrogen-bond acceptors (Lipinski definition) is 4. The van der Waals surface area contributed by atoms with E-state index >= 15 is 0 Å². The Kier molecular flexibility index (Phi) is 7.45. The molecular formula is C26H24N2O3. The third-order valence-corrected chi connectivity index (χ3v) is 4.57. The second-order valence-electron chi connectivity index (χ2n) is 6.85. The molecule has 1 amide bonds. The van der Waals surface area contributed by atoms with Gasteiger partial charge in [0, 0.05) is 5.69 Å². The maximum atomic E-state index is 12.6. The normalized spacial score (nSPS) is 10.8. The van der Waals surface area contributed by atoms with E-state index < -0.39 is 5.91 Å². The van der Waals surface area contributed by atoms with E-state index in [9.17, 15) is 10.1 Å². The van der Waals surface area contributed by atoms with Crippen LogP contribution in [-0.2, 0) is 11.4 Å². The predicted octanol–water partition coefficient (Wildman–Crippen LogP) is 5.52. The number of carbonyl (C=O) groups is 1. The Balaban J connectivity index is 1.79. The molecule has 0 radical (unpaired) electrons. The number of carbonyl (C=O) groups excluding carboxylic acids is 1. The van der Waals surface area contributed by atoms with Crippen molar-refractivity contribution in [3.05, 3.63) is 95.1 Å². The number of rotatable bonds is 8. The number of aryl methyl sites for hydroxylation is 1. The zero-order valence-electron chi connectivity index (χ0n) is 17.6. The van der Waals surface area contributed by atoms with Gasteiger partial charge in [-0.3, -0.25) is 4.79 Å². The van der Waals surface area contributed by atoms with E-state index in [0.717, 1.165) is 11.1 Å². The number of hydrogen-bond donors (Lipinski definition) is 1. The summed E-state index contributed by atoms with van der Waals surface area (Å²) >= 11 is 0. The fraction of sp³-hybridized carbons (Fsp3) is 0.154. The van der Waals surface area contributed by atoms with Crippen LogP contribution in [0.25, 0.3) is 6.08 Å². The molecule has 0 saturated carbocycles. The van der Waals surface area contributed by atoms with Gasteiger partial charge in [-0.1, -0.05) is 54.6 Å². The number of amides is 1. The molecule has 0 bridgehead atoms. The minimum absolute atomic E-state index is 0.00338. The first kappa shape index (κ1) is 21.7. The highest BCUT2D eigenvalue weighted by Crippen LogP contribution is 2.30. The molecule has 0 saturated heterocycles. The van der Waals surface area contributed by atoms with Crippen LogP contribution in [0.2, 0.25) is 0 Å². The second kappa shape index (κ2) is 10.7. The number of anilines is 1. The molecule has 0 atom stereocenters. The highest BCUT2D eigenvalue weighted by molar-refractivity contribution is 6.10. The Hall–Kier alpha value is -4.04. The molecule has 5 nitrogen and oxygen atoms in total. The first-order valence-corrected chi connectivity index (χ1v) is 10.0. The van der Waals surface area contributed by atoms with Crippen molar-refractivity contribution < 1.29 is 14.3 Å². The van der Waals surface area contributed by atoms with Crippen molar-refractivity contribution in [2.24, 2.45) is 0 Å². The number of nitrogens with one attached hydrogen (secondary N) is 1. The Labute approximate surface area is 182 Å². The summed E-state index contributed by atoms with van der Waals surface area (Å²) in [6.07, 6.45) is 1.54. The fourth-order valence-corrected chi connectivity index (χ4v) is 2.96. The summed E-state index contributed by atoms with van der Waals surface area (Å²) in [7, 11) is 0. The first-order valence-electron chi connectivity index (χ1n) is 10.0. The molecule has 1 N–H and O–H groups in total. The van der Waals surface area contributed by atoms with Crippen LogP contribution in [0.5, 0.6) is 11.5 Å².